The number of hydrogen-bond acceptors (Lipinski definition) is 5. The van der Waals surface area contributed by atoms with Gasteiger partial charge in [0.15, 0.2) is 0 Å². The third kappa shape index (κ3) is 8.25. The van der Waals surface area contributed by atoms with Crippen LogP contribution in [-0.2, 0) is 22.5 Å². The second-order valence-electron chi connectivity index (χ2n) is 8.73. The lowest BCUT2D eigenvalue weighted by Gasteiger charge is -2.23. The van der Waals surface area contributed by atoms with Crippen molar-refractivity contribution in [2.75, 3.05) is 19.7 Å². The average molecular weight is 493 g/mol. The Hall–Kier alpha value is -3.62. The molecule has 36 heavy (non-hydrogen) atoms. The van der Waals surface area contributed by atoms with E-state index in [1.165, 1.54) is 17.0 Å². The van der Waals surface area contributed by atoms with E-state index in [2.05, 4.69) is 33.5 Å². The van der Waals surface area contributed by atoms with E-state index in [-0.39, 0.29) is 12.1 Å². The molecule has 0 bridgehead atoms. The molecule has 3 aromatic rings. The number of hydrogen-bond donors (Lipinski definition) is 4. The molecule has 3 rings (SSSR count). The van der Waals surface area contributed by atoms with Crippen LogP contribution in [0.5, 0.6) is 0 Å². The van der Waals surface area contributed by atoms with E-state index in [9.17, 15) is 9.59 Å². The first-order valence-electron chi connectivity index (χ1n) is 12.4. The summed E-state index contributed by atoms with van der Waals surface area (Å²) in [5.74, 6) is -0.573. The molecule has 0 aliphatic heterocycles. The minimum atomic E-state index is -0.573. The molecular weight excluding hydrogens is 456 g/mol. The number of aromatic amines is 1. The molecule has 2 aromatic carbocycles. The number of fused-ring (bicyclic) bond motifs is 1. The topological polar surface area (TPSA) is 107 Å². The maximum absolute atomic E-state index is 12.2. The largest absolute Gasteiger partial charge is 0.448 e. The predicted molar refractivity (Wildman–Crippen MR) is 142 cm³/mol. The standard InChI is InChI=1S/C28H36N4O4/c1-3-24(4-2)30-28(34)36-18-17-32(16-15-23-19-29-26-8-6-5-7-25(23)26)20-22-11-9-21(10-12-22)13-14-27(33)31-35/h5-14,19,24,29,35H,3-4,15-18,20H2,1-2H3,(H,30,34)(H,31,33)/b14-13+. The molecule has 192 valence electrons. The van der Waals surface area contributed by atoms with Gasteiger partial charge in [-0.2, -0.15) is 0 Å². The highest BCUT2D eigenvalue weighted by atomic mass is 16.5. The van der Waals surface area contributed by atoms with Crippen molar-refractivity contribution >= 4 is 29.0 Å². The van der Waals surface area contributed by atoms with Crippen molar-refractivity contribution in [1.82, 2.24) is 20.7 Å². The lowest BCUT2D eigenvalue weighted by Crippen LogP contribution is -2.36. The highest BCUT2D eigenvalue weighted by Gasteiger charge is 2.12. The third-order valence-electron chi connectivity index (χ3n) is 6.24. The summed E-state index contributed by atoms with van der Waals surface area (Å²) in [5.41, 5.74) is 5.92. The van der Waals surface area contributed by atoms with Crippen LogP contribution < -0.4 is 10.8 Å². The zero-order chi connectivity index (χ0) is 25.8. The molecule has 0 spiro atoms. The Balaban J connectivity index is 1.62. The summed E-state index contributed by atoms with van der Waals surface area (Å²) in [5, 5.41) is 12.7. The van der Waals surface area contributed by atoms with Gasteiger partial charge in [-0.25, -0.2) is 10.3 Å². The Morgan fingerprint density at radius 3 is 2.56 bits per heavy atom. The van der Waals surface area contributed by atoms with Crippen LogP contribution in [0.4, 0.5) is 4.79 Å². The summed E-state index contributed by atoms with van der Waals surface area (Å²) in [4.78, 5) is 29.0. The Labute approximate surface area is 212 Å². The van der Waals surface area contributed by atoms with Crippen LogP contribution in [0.15, 0.2) is 60.8 Å². The second kappa shape index (κ2) is 14.1. The first-order chi connectivity index (χ1) is 17.5. The summed E-state index contributed by atoms with van der Waals surface area (Å²) >= 11 is 0. The number of alkyl carbamates (subject to hydrolysis) is 1. The van der Waals surface area contributed by atoms with Crippen molar-refractivity contribution in [2.45, 2.75) is 45.7 Å². The third-order valence-corrected chi connectivity index (χ3v) is 6.24. The number of benzene rings is 2. The Morgan fingerprint density at radius 2 is 1.83 bits per heavy atom. The number of hydroxylamine groups is 1. The van der Waals surface area contributed by atoms with Crippen LogP contribution in [0.1, 0.15) is 43.4 Å². The molecule has 4 N–H and O–H groups in total. The summed E-state index contributed by atoms with van der Waals surface area (Å²) in [6, 6.07) is 16.3. The summed E-state index contributed by atoms with van der Waals surface area (Å²) in [6.45, 7) is 6.50. The monoisotopic (exact) mass is 492 g/mol. The number of nitrogens with zero attached hydrogens (tertiary/aromatic N) is 1. The normalized spacial score (nSPS) is 11.5. The van der Waals surface area contributed by atoms with Crippen molar-refractivity contribution in [3.05, 3.63) is 77.5 Å². The minimum Gasteiger partial charge on any atom is -0.448 e. The van der Waals surface area contributed by atoms with Crippen LogP contribution in [-0.4, -0.2) is 52.8 Å². The molecule has 0 fully saturated rings. The fourth-order valence-electron chi connectivity index (χ4n) is 4.06. The molecule has 0 saturated carbocycles. The van der Waals surface area contributed by atoms with E-state index in [0.29, 0.717) is 19.7 Å². The molecule has 2 amide bonds. The highest BCUT2D eigenvalue weighted by molar-refractivity contribution is 5.90. The molecular formula is C28H36N4O4. The van der Waals surface area contributed by atoms with E-state index in [1.54, 1.807) is 11.6 Å². The van der Waals surface area contributed by atoms with E-state index < -0.39 is 5.91 Å². The zero-order valence-corrected chi connectivity index (χ0v) is 21.0. The first kappa shape index (κ1) is 27.0. The van der Waals surface area contributed by atoms with E-state index in [1.807, 2.05) is 50.2 Å². The smallest absolute Gasteiger partial charge is 0.407 e. The number of para-hydroxylation sites is 1. The van der Waals surface area contributed by atoms with Crippen LogP contribution in [0.2, 0.25) is 0 Å². The molecule has 1 heterocycles. The number of H-pyrrole nitrogens is 1. The van der Waals surface area contributed by atoms with Crippen molar-refractivity contribution in [2.24, 2.45) is 0 Å². The second-order valence-corrected chi connectivity index (χ2v) is 8.73. The average Bonchev–Trinajstić information content (AvgIpc) is 3.32. The molecule has 0 aliphatic carbocycles. The summed E-state index contributed by atoms with van der Waals surface area (Å²) in [6.07, 6.45) is 7.20. The number of amides is 2. The fraction of sp³-hybridized carbons (Fsp3) is 0.357. The van der Waals surface area contributed by atoms with Gasteiger partial charge in [0.1, 0.15) is 6.61 Å². The summed E-state index contributed by atoms with van der Waals surface area (Å²) in [7, 11) is 0. The summed E-state index contributed by atoms with van der Waals surface area (Å²) < 4.78 is 5.47. The number of carbonyl (C=O) groups excluding carboxylic acids is 2. The fourth-order valence-corrected chi connectivity index (χ4v) is 4.06. The quantitative estimate of drug-likeness (QED) is 0.158. The van der Waals surface area contributed by atoms with Gasteiger partial charge in [-0.15, -0.1) is 0 Å². The molecule has 0 radical (unpaired) electrons. The molecule has 0 aliphatic rings. The number of aromatic nitrogens is 1. The van der Waals surface area contributed by atoms with Gasteiger partial charge in [-0.3, -0.25) is 14.9 Å². The van der Waals surface area contributed by atoms with Crippen LogP contribution >= 0.6 is 0 Å². The van der Waals surface area contributed by atoms with E-state index in [0.717, 1.165) is 42.5 Å². The Kier molecular flexibility index (Phi) is 10.5. The van der Waals surface area contributed by atoms with Crippen LogP contribution in [0.25, 0.3) is 17.0 Å². The zero-order valence-electron chi connectivity index (χ0n) is 21.0. The van der Waals surface area contributed by atoms with Crippen molar-refractivity contribution < 1.29 is 19.5 Å². The van der Waals surface area contributed by atoms with Gasteiger partial charge in [0.05, 0.1) is 0 Å². The molecule has 0 atom stereocenters. The number of rotatable bonds is 13. The van der Waals surface area contributed by atoms with Crippen molar-refractivity contribution in [3.8, 4) is 0 Å². The lowest BCUT2D eigenvalue weighted by atomic mass is 10.1. The highest BCUT2D eigenvalue weighted by Crippen LogP contribution is 2.19. The first-order valence-corrected chi connectivity index (χ1v) is 12.4. The van der Waals surface area contributed by atoms with Crippen molar-refractivity contribution in [1.29, 1.82) is 0 Å². The predicted octanol–water partition coefficient (Wildman–Crippen LogP) is 4.65. The molecule has 8 nitrogen and oxygen atoms in total. The molecule has 1 aromatic heterocycles. The van der Waals surface area contributed by atoms with Gasteiger partial charge in [0, 0.05) is 48.9 Å². The Bertz CT molecular complexity index is 1140. The number of ether oxygens (including phenoxy) is 1. The van der Waals surface area contributed by atoms with Gasteiger partial charge in [0.2, 0.25) is 0 Å². The molecule has 8 heteroatoms. The van der Waals surface area contributed by atoms with E-state index in [4.69, 9.17) is 9.94 Å². The van der Waals surface area contributed by atoms with Gasteiger partial charge in [0.25, 0.3) is 5.91 Å². The van der Waals surface area contributed by atoms with Crippen molar-refractivity contribution in [3.63, 3.8) is 0 Å². The van der Waals surface area contributed by atoms with Gasteiger partial charge in [-0.05, 0) is 48.1 Å². The Morgan fingerprint density at radius 1 is 1.08 bits per heavy atom. The van der Waals surface area contributed by atoms with Gasteiger partial charge in [-0.1, -0.05) is 56.3 Å². The van der Waals surface area contributed by atoms with Crippen LogP contribution in [0.3, 0.4) is 0 Å². The minimum absolute atomic E-state index is 0.131. The van der Waals surface area contributed by atoms with Gasteiger partial charge < -0.3 is 15.0 Å². The molecule has 0 saturated heterocycles. The SMILES string of the molecule is CCC(CC)NC(=O)OCCN(CCc1c[nH]c2ccccc12)Cc1ccc(/C=C/C(=O)NO)cc1. The maximum Gasteiger partial charge on any atom is 0.407 e. The number of nitrogens with one attached hydrogen (secondary N) is 3. The molecule has 0 unspecified atom stereocenters. The maximum atomic E-state index is 12.2. The lowest BCUT2D eigenvalue weighted by molar-refractivity contribution is -0.124. The van der Waals surface area contributed by atoms with E-state index >= 15 is 0 Å². The number of carbonyl (C=O) groups is 2. The van der Waals surface area contributed by atoms with Crippen LogP contribution in [0, 0.1) is 0 Å². The van der Waals surface area contributed by atoms with Gasteiger partial charge >= 0.3 is 6.09 Å².